The second-order valence-corrected chi connectivity index (χ2v) is 7.14. The fraction of sp³-hybridized carbons (Fsp3) is 0.933. The van der Waals surface area contributed by atoms with Crippen LogP contribution < -0.4 is 0 Å². The molecule has 0 heterocycles. The van der Waals surface area contributed by atoms with Crippen molar-refractivity contribution in [2.75, 3.05) is 12.5 Å². The molecule has 0 bridgehead atoms. The summed E-state index contributed by atoms with van der Waals surface area (Å²) in [6, 6.07) is 0. The number of hydrogen-bond donors (Lipinski definition) is 1. The van der Waals surface area contributed by atoms with Crippen molar-refractivity contribution < 1.29 is 22.5 Å². The van der Waals surface area contributed by atoms with Gasteiger partial charge in [0.25, 0.3) is 10.1 Å². The van der Waals surface area contributed by atoms with Gasteiger partial charge < -0.3 is 5.11 Å². The Kier molecular flexibility index (Phi) is 18.5. The molecule has 7 heteroatoms. The molecule has 0 unspecified atom stereocenters. The van der Waals surface area contributed by atoms with Gasteiger partial charge in [0.1, 0.15) is 5.78 Å². The number of Topliss-reactive ketones (excluding diaryl/α,β-unsaturated/α-hetero) is 1. The fourth-order valence-corrected chi connectivity index (χ4v) is 2.89. The number of aliphatic hydroxyl groups excluding tert-OH is 1. The minimum atomic E-state index is -3.75. The van der Waals surface area contributed by atoms with Gasteiger partial charge in [-0.1, -0.05) is 58.3 Å². The zero-order valence-corrected chi connectivity index (χ0v) is 14.0. The number of rotatable bonds is 15. The molecule has 0 aromatic carbocycles. The van der Waals surface area contributed by atoms with E-state index in [1.165, 1.54) is 38.5 Å². The van der Waals surface area contributed by atoms with Gasteiger partial charge in [0.2, 0.25) is 0 Å². The third-order valence-electron chi connectivity index (χ3n) is 3.42. The van der Waals surface area contributed by atoms with E-state index in [9.17, 15) is 13.2 Å². The van der Waals surface area contributed by atoms with Gasteiger partial charge in [0, 0.05) is 12.8 Å². The third kappa shape index (κ3) is 16.9. The normalized spacial score (nSPS) is 11.2. The molecule has 0 spiro atoms. The van der Waals surface area contributed by atoms with E-state index in [0.717, 1.165) is 19.3 Å². The first-order valence-corrected chi connectivity index (χ1v) is 9.59. The van der Waals surface area contributed by atoms with Crippen LogP contribution in [0.1, 0.15) is 77.6 Å². The van der Waals surface area contributed by atoms with Gasteiger partial charge >= 0.3 is 29.6 Å². The molecule has 0 fully saturated rings. The number of ketones is 1. The molecule has 0 radical (unpaired) electrons. The molecule has 0 aromatic rings. The van der Waals surface area contributed by atoms with E-state index in [2.05, 4.69) is 11.1 Å². The number of carbonyl (C=O) groups excluding carboxylic acids is 1. The van der Waals surface area contributed by atoms with E-state index in [1.807, 2.05) is 0 Å². The molecule has 1 N–H and O–H groups in total. The summed E-state index contributed by atoms with van der Waals surface area (Å²) in [5, 5.41) is 8.37. The molecular weight excluding hydrogens is 315 g/mol. The van der Waals surface area contributed by atoms with Crippen molar-refractivity contribution in [2.45, 2.75) is 77.6 Å². The number of aliphatic hydroxyl groups is 1. The zero-order chi connectivity index (χ0) is 16.0. The Morgan fingerprint density at radius 2 is 1.41 bits per heavy atom. The van der Waals surface area contributed by atoms with Crippen molar-refractivity contribution in [2.24, 2.45) is 0 Å². The molecule has 0 aromatic heterocycles. The first kappa shape index (κ1) is 24.8. The SMILES string of the molecule is CCCCCCCCCCCC(=O)CCS(=O)(=O)OCO.[NaH]. The van der Waals surface area contributed by atoms with Crippen LogP contribution in [0.15, 0.2) is 0 Å². The van der Waals surface area contributed by atoms with E-state index in [-0.39, 0.29) is 47.5 Å². The first-order chi connectivity index (χ1) is 10.0. The van der Waals surface area contributed by atoms with Crippen molar-refractivity contribution in [1.82, 2.24) is 0 Å². The summed E-state index contributed by atoms with van der Waals surface area (Å²) in [7, 11) is -3.75. The summed E-state index contributed by atoms with van der Waals surface area (Å²) in [5.41, 5.74) is 0. The number of unbranched alkanes of at least 4 members (excludes halogenated alkanes) is 8. The molecule has 0 amide bonds. The third-order valence-corrected chi connectivity index (χ3v) is 4.59. The Hall–Kier alpha value is 0.540. The average molecular weight is 346 g/mol. The molecule has 0 atom stereocenters. The molecule has 22 heavy (non-hydrogen) atoms. The molecule has 0 aliphatic heterocycles. The average Bonchev–Trinajstić information content (AvgIpc) is 2.43. The molecular formula is C15H31NaO5S. The minimum absolute atomic E-state index is 0. The van der Waals surface area contributed by atoms with E-state index >= 15 is 0 Å². The monoisotopic (exact) mass is 346 g/mol. The van der Waals surface area contributed by atoms with Crippen molar-refractivity contribution >= 4 is 45.5 Å². The Labute approximate surface area is 157 Å². The van der Waals surface area contributed by atoms with Crippen molar-refractivity contribution in [3.63, 3.8) is 0 Å². The van der Waals surface area contributed by atoms with Crippen LogP contribution in [0.4, 0.5) is 0 Å². The van der Waals surface area contributed by atoms with E-state index in [0.29, 0.717) is 6.42 Å². The molecule has 5 nitrogen and oxygen atoms in total. The van der Waals surface area contributed by atoms with Crippen LogP contribution in [0.25, 0.3) is 0 Å². The first-order valence-electron chi connectivity index (χ1n) is 8.01. The summed E-state index contributed by atoms with van der Waals surface area (Å²) >= 11 is 0. The standard InChI is InChI=1S/C15H30O5S.Na.H/c1-2-3-4-5-6-7-8-9-10-11-15(17)12-13-21(18,19)20-14-16;;/h16H,2-14H2,1H3;;. The van der Waals surface area contributed by atoms with Gasteiger partial charge in [-0.05, 0) is 6.42 Å². The number of hydrogen-bond acceptors (Lipinski definition) is 5. The van der Waals surface area contributed by atoms with Crippen LogP contribution in [-0.2, 0) is 19.1 Å². The maximum atomic E-state index is 11.5. The van der Waals surface area contributed by atoms with Crippen LogP contribution in [0.2, 0.25) is 0 Å². The van der Waals surface area contributed by atoms with E-state index in [1.54, 1.807) is 0 Å². The molecule has 0 aliphatic rings. The number of carbonyl (C=O) groups is 1. The van der Waals surface area contributed by atoms with Gasteiger partial charge in [-0.25, -0.2) is 4.18 Å². The van der Waals surface area contributed by atoms with Crippen LogP contribution in [0, 0.1) is 0 Å². The fourth-order valence-electron chi connectivity index (χ4n) is 2.14. The van der Waals surface area contributed by atoms with Crippen LogP contribution >= 0.6 is 0 Å². The van der Waals surface area contributed by atoms with E-state index < -0.39 is 16.9 Å². The van der Waals surface area contributed by atoms with Crippen LogP contribution in [-0.4, -0.2) is 61.4 Å². The quantitative estimate of drug-likeness (QED) is 0.213. The molecule has 128 valence electrons. The van der Waals surface area contributed by atoms with Crippen LogP contribution in [0.3, 0.4) is 0 Å². The van der Waals surface area contributed by atoms with Gasteiger partial charge in [-0.2, -0.15) is 8.42 Å². The summed E-state index contributed by atoms with van der Waals surface area (Å²) in [6.45, 7) is 1.34. The Morgan fingerprint density at radius 3 is 1.91 bits per heavy atom. The van der Waals surface area contributed by atoms with Crippen LogP contribution in [0.5, 0.6) is 0 Å². The van der Waals surface area contributed by atoms with Crippen molar-refractivity contribution in [1.29, 1.82) is 0 Å². The van der Waals surface area contributed by atoms with Gasteiger partial charge in [-0.3, -0.25) is 4.79 Å². The Morgan fingerprint density at radius 1 is 0.909 bits per heavy atom. The summed E-state index contributed by atoms with van der Waals surface area (Å²) in [5.74, 6) is -0.396. The molecule has 0 saturated carbocycles. The summed E-state index contributed by atoms with van der Waals surface area (Å²) < 4.78 is 26.4. The summed E-state index contributed by atoms with van der Waals surface area (Å²) in [6.07, 6.45) is 11.1. The summed E-state index contributed by atoms with van der Waals surface area (Å²) in [4.78, 5) is 11.5. The molecule has 0 saturated heterocycles. The topological polar surface area (TPSA) is 80.7 Å². The Bertz CT molecular complexity index is 357. The van der Waals surface area contributed by atoms with Gasteiger partial charge in [-0.15, -0.1) is 0 Å². The Balaban J connectivity index is 0. The molecule has 0 aliphatic carbocycles. The predicted molar refractivity (Wildman–Crippen MR) is 90.6 cm³/mol. The van der Waals surface area contributed by atoms with E-state index in [4.69, 9.17) is 5.11 Å². The maximum absolute atomic E-state index is 11.5. The predicted octanol–water partition coefficient (Wildman–Crippen LogP) is 2.51. The molecule has 0 rings (SSSR count). The van der Waals surface area contributed by atoms with Crippen molar-refractivity contribution in [3.05, 3.63) is 0 Å². The zero-order valence-electron chi connectivity index (χ0n) is 13.2. The van der Waals surface area contributed by atoms with Gasteiger partial charge in [0.05, 0.1) is 5.75 Å². The van der Waals surface area contributed by atoms with Gasteiger partial charge in [0.15, 0.2) is 6.79 Å². The van der Waals surface area contributed by atoms with Crippen molar-refractivity contribution in [3.8, 4) is 0 Å². The second-order valence-electron chi connectivity index (χ2n) is 5.38. The second kappa shape index (κ2) is 16.4.